The van der Waals surface area contributed by atoms with E-state index in [0.29, 0.717) is 0 Å². The average molecular weight is 351 g/mol. The number of methoxy groups -OCH3 is 1. The molecule has 0 bridgehead atoms. The predicted molar refractivity (Wildman–Crippen MR) is 107 cm³/mol. The topological polar surface area (TPSA) is 32.7 Å². The van der Waals surface area contributed by atoms with Gasteiger partial charge in [-0.3, -0.25) is 0 Å². The van der Waals surface area contributed by atoms with Gasteiger partial charge in [-0.2, -0.15) is 0 Å². The van der Waals surface area contributed by atoms with Crippen LogP contribution in [0, 0.1) is 5.92 Å². The summed E-state index contributed by atoms with van der Waals surface area (Å²) in [5, 5.41) is 12.0. The molecule has 0 radical (unpaired) electrons. The van der Waals surface area contributed by atoms with Gasteiger partial charge in [0.15, 0.2) is 0 Å². The van der Waals surface area contributed by atoms with Crippen LogP contribution in [0.4, 0.5) is 0 Å². The van der Waals surface area contributed by atoms with Gasteiger partial charge in [0, 0.05) is 12.5 Å². The first-order valence-electron chi connectivity index (χ1n) is 9.31. The van der Waals surface area contributed by atoms with E-state index in [1.807, 2.05) is 42.5 Å². The maximum absolute atomic E-state index is 12.0. The van der Waals surface area contributed by atoms with Crippen LogP contribution >= 0.6 is 0 Å². The summed E-state index contributed by atoms with van der Waals surface area (Å²) in [6, 6.07) is 18.2. The maximum Gasteiger partial charge on any atom is 0.118 e. The highest BCUT2D eigenvalue weighted by Gasteiger charge is 2.44. The van der Waals surface area contributed by atoms with E-state index in [1.54, 1.807) is 7.11 Å². The largest absolute Gasteiger partial charge is 0.497 e. The molecular weight excluding hydrogens is 322 g/mol. The molecule has 1 N–H and O–H groups in total. The SMILES string of the molecule is COc1ccc(C2(O)/C(=C/c3ccccc3)CCCC2CN(C)C)cc1. The number of nitrogens with zero attached hydrogens (tertiary/aromatic N) is 1. The summed E-state index contributed by atoms with van der Waals surface area (Å²) in [6.07, 6.45) is 5.22. The summed E-state index contributed by atoms with van der Waals surface area (Å²) in [5.41, 5.74) is 2.24. The van der Waals surface area contributed by atoms with Gasteiger partial charge in [0.2, 0.25) is 0 Å². The van der Waals surface area contributed by atoms with Crippen LogP contribution in [0.5, 0.6) is 5.75 Å². The van der Waals surface area contributed by atoms with Crippen LogP contribution in [-0.4, -0.2) is 37.8 Å². The summed E-state index contributed by atoms with van der Waals surface area (Å²) < 4.78 is 5.30. The fourth-order valence-corrected chi connectivity index (χ4v) is 4.06. The Labute approximate surface area is 156 Å². The molecule has 1 fully saturated rings. The number of hydrogen-bond donors (Lipinski definition) is 1. The van der Waals surface area contributed by atoms with E-state index < -0.39 is 5.60 Å². The van der Waals surface area contributed by atoms with E-state index in [0.717, 1.165) is 48.3 Å². The Kier molecular flexibility index (Phi) is 5.80. The van der Waals surface area contributed by atoms with Gasteiger partial charge in [0.05, 0.1) is 7.11 Å². The highest BCUT2D eigenvalue weighted by molar-refractivity contribution is 5.57. The maximum atomic E-state index is 12.0. The van der Waals surface area contributed by atoms with Crippen LogP contribution in [0.2, 0.25) is 0 Å². The standard InChI is InChI=1S/C23H29NO2/c1-24(2)17-21-11-7-10-20(16-18-8-5-4-6-9-18)23(21,25)19-12-14-22(26-3)15-13-19/h4-6,8-9,12-16,21,25H,7,10-11,17H2,1-3H3/b20-16+. The molecule has 2 unspecified atom stereocenters. The van der Waals surface area contributed by atoms with Gasteiger partial charge >= 0.3 is 0 Å². The number of benzene rings is 2. The number of aliphatic hydroxyl groups is 1. The zero-order chi connectivity index (χ0) is 18.6. The van der Waals surface area contributed by atoms with Gasteiger partial charge < -0.3 is 14.7 Å². The zero-order valence-corrected chi connectivity index (χ0v) is 16.0. The van der Waals surface area contributed by atoms with Gasteiger partial charge in [-0.15, -0.1) is 0 Å². The van der Waals surface area contributed by atoms with Crippen LogP contribution in [0.25, 0.3) is 6.08 Å². The minimum atomic E-state index is -0.954. The molecule has 1 saturated carbocycles. The van der Waals surface area contributed by atoms with Crippen LogP contribution in [0.3, 0.4) is 0 Å². The van der Waals surface area contributed by atoms with Crippen LogP contribution in [0.15, 0.2) is 60.2 Å². The average Bonchev–Trinajstić information content (AvgIpc) is 2.65. The smallest absolute Gasteiger partial charge is 0.118 e. The van der Waals surface area contributed by atoms with Crippen LogP contribution in [-0.2, 0) is 5.60 Å². The van der Waals surface area contributed by atoms with E-state index in [1.165, 1.54) is 0 Å². The van der Waals surface area contributed by atoms with Crippen molar-refractivity contribution in [2.75, 3.05) is 27.7 Å². The summed E-state index contributed by atoms with van der Waals surface area (Å²) in [6.45, 7) is 0.856. The molecule has 0 saturated heterocycles. The van der Waals surface area contributed by atoms with Gasteiger partial charge in [-0.1, -0.05) is 48.5 Å². The van der Waals surface area contributed by atoms with Crippen molar-refractivity contribution < 1.29 is 9.84 Å². The van der Waals surface area contributed by atoms with Crippen LogP contribution in [0.1, 0.15) is 30.4 Å². The lowest BCUT2D eigenvalue weighted by atomic mass is 9.67. The third kappa shape index (κ3) is 3.84. The monoisotopic (exact) mass is 351 g/mol. The predicted octanol–water partition coefficient (Wildman–Crippen LogP) is 4.33. The van der Waals surface area contributed by atoms with E-state index in [2.05, 4.69) is 37.2 Å². The molecule has 0 spiro atoms. The second kappa shape index (κ2) is 8.07. The van der Waals surface area contributed by atoms with Crippen molar-refractivity contribution in [3.05, 3.63) is 71.3 Å². The summed E-state index contributed by atoms with van der Waals surface area (Å²) in [7, 11) is 5.81. The van der Waals surface area contributed by atoms with Crippen molar-refractivity contribution in [1.82, 2.24) is 4.90 Å². The van der Waals surface area contributed by atoms with E-state index >= 15 is 0 Å². The van der Waals surface area contributed by atoms with Gasteiger partial charge in [0.25, 0.3) is 0 Å². The molecule has 0 heterocycles. The molecule has 2 aromatic rings. The Hall–Kier alpha value is -2.10. The van der Waals surface area contributed by atoms with E-state index in [4.69, 9.17) is 4.74 Å². The molecule has 1 aliphatic carbocycles. The summed E-state index contributed by atoms with van der Waals surface area (Å²) in [4.78, 5) is 2.17. The number of rotatable bonds is 5. The highest BCUT2D eigenvalue weighted by atomic mass is 16.5. The van der Waals surface area contributed by atoms with Crippen molar-refractivity contribution >= 4 is 6.08 Å². The molecule has 2 atom stereocenters. The van der Waals surface area contributed by atoms with E-state index in [-0.39, 0.29) is 5.92 Å². The molecule has 26 heavy (non-hydrogen) atoms. The van der Waals surface area contributed by atoms with Crippen molar-refractivity contribution in [3.63, 3.8) is 0 Å². The van der Waals surface area contributed by atoms with Crippen LogP contribution < -0.4 is 4.74 Å². The molecule has 138 valence electrons. The third-order valence-corrected chi connectivity index (χ3v) is 5.34. The summed E-state index contributed by atoms with van der Waals surface area (Å²) in [5.74, 6) is 0.973. The molecule has 3 rings (SSSR count). The molecule has 2 aromatic carbocycles. The molecule has 0 amide bonds. The molecule has 3 nitrogen and oxygen atoms in total. The zero-order valence-electron chi connectivity index (χ0n) is 16.0. The molecule has 0 aromatic heterocycles. The minimum Gasteiger partial charge on any atom is -0.497 e. The van der Waals surface area contributed by atoms with Crippen molar-refractivity contribution in [2.45, 2.75) is 24.9 Å². The Morgan fingerprint density at radius 2 is 1.81 bits per heavy atom. The Morgan fingerprint density at radius 1 is 1.12 bits per heavy atom. The lowest BCUT2D eigenvalue weighted by molar-refractivity contribution is -0.0174. The summed E-state index contributed by atoms with van der Waals surface area (Å²) >= 11 is 0. The third-order valence-electron chi connectivity index (χ3n) is 5.34. The normalized spacial score (nSPS) is 24.8. The van der Waals surface area contributed by atoms with E-state index in [9.17, 15) is 5.11 Å². The fourth-order valence-electron chi connectivity index (χ4n) is 4.06. The number of hydrogen-bond acceptors (Lipinski definition) is 3. The fraction of sp³-hybridized carbons (Fsp3) is 0.391. The second-order valence-corrected chi connectivity index (χ2v) is 7.43. The first-order chi connectivity index (χ1) is 12.5. The van der Waals surface area contributed by atoms with Gasteiger partial charge in [-0.25, -0.2) is 0 Å². The second-order valence-electron chi connectivity index (χ2n) is 7.43. The first-order valence-corrected chi connectivity index (χ1v) is 9.31. The molecular formula is C23H29NO2. The minimum absolute atomic E-state index is 0.162. The van der Waals surface area contributed by atoms with Gasteiger partial charge in [0.1, 0.15) is 11.4 Å². The lowest BCUT2D eigenvalue weighted by Crippen LogP contribution is -2.44. The Balaban J connectivity index is 2.07. The van der Waals surface area contributed by atoms with Gasteiger partial charge in [-0.05, 0) is 62.2 Å². The molecule has 3 heteroatoms. The Morgan fingerprint density at radius 3 is 2.42 bits per heavy atom. The quantitative estimate of drug-likeness (QED) is 0.870. The molecule has 0 aliphatic heterocycles. The number of ether oxygens (including phenoxy) is 1. The first kappa shape index (κ1) is 18.7. The molecule has 1 aliphatic rings. The Bertz CT molecular complexity index is 737. The highest BCUT2D eigenvalue weighted by Crippen LogP contribution is 2.46. The lowest BCUT2D eigenvalue weighted by Gasteiger charge is -2.44. The van der Waals surface area contributed by atoms with Crippen molar-refractivity contribution in [2.24, 2.45) is 5.92 Å². The van der Waals surface area contributed by atoms with Crippen molar-refractivity contribution in [1.29, 1.82) is 0 Å². The van der Waals surface area contributed by atoms with Crippen molar-refractivity contribution in [3.8, 4) is 5.75 Å².